The second kappa shape index (κ2) is 6.44. The van der Waals surface area contributed by atoms with Crippen LogP contribution in [-0.2, 0) is 6.54 Å². The maximum atomic E-state index is 12.9. The van der Waals surface area contributed by atoms with Crippen molar-refractivity contribution < 1.29 is 19.2 Å². The number of hydrogen-bond acceptors (Lipinski definition) is 5. The van der Waals surface area contributed by atoms with E-state index >= 15 is 0 Å². The van der Waals surface area contributed by atoms with Crippen LogP contribution in [0.2, 0.25) is 0 Å². The lowest BCUT2D eigenvalue weighted by atomic mass is 10.0. The molecule has 4 rings (SSSR count). The van der Waals surface area contributed by atoms with Crippen molar-refractivity contribution in [1.29, 1.82) is 0 Å². The van der Waals surface area contributed by atoms with Gasteiger partial charge in [-0.25, -0.2) is 5.48 Å². The Morgan fingerprint density at radius 3 is 2.81 bits per heavy atom. The Morgan fingerprint density at radius 2 is 2.08 bits per heavy atom. The van der Waals surface area contributed by atoms with Crippen molar-refractivity contribution in [3.8, 4) is 0 Å². The van der Waals surface area contributed by atoms with Crippen molar-refractivity contribution in [3.63, 3.8) is 0 Å². The fourth-order valence-corrected chi connectivity index (χ4v) is 4.26. The maximum Gasteiger partial charge on any atom is 0.290 e. The Hall–Kier alpha value is -2.90. The number of amides is 2. The van der Waals surface area contributed by atoms with E-state index in [1.54, 1.807) is 22.5 Å². The van der Waals surface area contributed by atoms with Gasteiger partial charge < -0.3 is 9.32 Å². The van der Waals surface area contributed by atoms with Crippen LogP contribution in [0.5, 0.6) is 0 Å². The Bertz CT molecular complexity index is 1010. The second-order valence-electron chi connectivity index (χ2n) is 6.03. The molecule has 0 aliphatic carbocycles. The molecule has 3 heterocycles. The molecular formula is C19H16N2O4S. The molecule has 2 amide bonds. The van der Waals surface area contributed by atoms with Gasteiger partial charge in [0.1, 0.15) is 5.58 Å². The average molecular weight is 368 g/mol. The van der Waals surface area contributed by atoms with E-state index in [4.69, 9.17) is 9.62 Å². The number of para-hydroxylation sites is 1. The summed E-state index contributed by atoms with van der Waals surface area (Å²) in [6, 6.07) is 11.0. The van der Waals surface area contributed by atoms with Gasteiger partial charge in [0.2, 0.25) is 0 Å². The fourth-order valence-electron chi connectivity index (χ4n) is 3.13. The maximum absolute atomic E-state index is 12.9. The number of fused-ring (bicyclic) bond motifs is 2. The molecule has 6 nitrogen and oxygen atoms in total. The van der Waals surface area contributed by atoms with Crippen LogP contribution in [0.1, 0.15) is 37.6 Å². The van der Waals surface area contributed by atoms with Crippen molar-refractivity contribution in [2.45, 2.75) is 13.5 Å². The number of hydrogen-bond donors (Lipinski definition) is 2. The third-order valence-corrected chi connectivity index (χ3v) is 5.67. The number of carbonyl (C=O) groups excluding carboxylic acids is 2. The number of benzene rings is 1. The van der Waals surface area contributed by atoms with Gasteiger partial charge in [0.05, 0.1) is 4.88 Å². The number of thiophene rings is 1. The standard InChI is InChI=1S/C19H16N2O4S/c1-2-11-9-21(10-13-8-16(18(22)20-24)26-17(11)13)19(23)15-7-12-5-3-4-6-14(12)25-15/h2-8,24H,9-10H2,1H3,(H,20,22)/b11-2-. The van der Waals surface area contributed by atoms with Gasteiger partial charge >= 0.3 is 0 Å². The van der Waals surface area contributed by atoms with E-state index in [0.717, 1.165) is 21.4 Å². The smallest absolute Gasteiger partial charge is 0.290 e. The summed E-state index contributed by atoms with van der Waals surface area (Å²) in [6.07, 6.45) is 1.94. The van der Waals surface area contributed by atoms with Gasteiger partial charge in [-0.1, -0.05) is 24.3 Å². The van der Waals surface area contributed by atoms with Crippen molar-refractivity contribution in [2.24, 2.45) is 0 Å². The molecule has 0 bridgehead atoms. The normalized spacial score (nSPS) is 15.3. The highest BCUT2D eigenvalue weighted by Gasteiger charge is 2.29. The van der Waals surface area contributed by atoms with E-state index in [1.807, 2.05) is 37.3 Å². The van der Waals surface area contributed by atoms with Gasteiger partial charge in [0.15, 0.2) is 5.76 Å². The average Bonchev–Trinajstić information content (AvgIpc) is 3.29. The molecular weight excluding hydrogens is 352 g/mol. The molecule has 0 spiro atoms. The summed E-state index contributed by atoms with van der Waals surface area (Å²) in [4.78, 5) is 27.7. The molecule has 2 aromatic heterocycles. The van der Waals surface area contributed by atoms with Crippen LogP contribution in [0, 0.1) is 0 Å². The van der Waals surface area contributed by atoms with E-state index in [0.29, 0.717) is 29.3 Å². The number of nitrogens with zero attached hydrogens (tertiary/aromatic N) is 1. The molecule has 1 aliphatic heterocycles. The number of nitrogens with one attached hydrogen (secondary N) is 1. The first-order valence-corrected chi connectivity index (χ1v) is 8.93. The summed E-state index contributed by atoms with van der Waals surface area (Å²) < 4.78 is 5.70. The lowest BCUT2D eigenvalue weighted by Gasteiger charge is -2.28. The quantitative estimate of drug-likeness (QED) is 0.534. The van der Waals surface area contributed by atoms with Crippen LogP contribution in [0.15, 0.2) is 46.9 Å². The topological polar surface area (TPSA) is 82.8 Å². The molecule has 132 valence electrons. The SMILES string of the molecule is C/C=C1/CN(C(=O)c2cc3ccccc3o2)Cc2cc(C(=O)NO)sc21. The first-order valence-electron chi connectivity index (χ1n) is 8.11. The van der Waals surface area contributed by atoms with Gasteiger partial charge in [0, 0.05) is 23.4 Å². The van der Waals surface area contributed by atoms with Crippen LogP contribution < -0.4 is 5.48 Å². The number of hydroxylamine groups is 1. The summed E-state index contributed by atoms with van der Waals surface area (Å²) >= 11 is 1.31. The van der Waals surface area contributed by atoms with Crippen molar-refractivity contribution in [3.05, 3.63) is 63.6 Å². The first kappa shape index (κ1) is 16.6. The zero-order valence-corrected chi connectivity index (χ0v) is 14.8. The minimum atomic E-state index is -0.546. The summed E-state index contributed by atoms with van der Waals surface area (Å²) in [5.41, 5.74) is 4.19. The second-order valence-corrected chi connectivity index (χ2v) is 7.08. The van der Waals surface area contributed by atoms with Crippen molar-refractivity contribution in [2.75, 3.05) is 6.54 Å². The van der Waals surface area contributed by atoms with Crippen LogP contribution in [0.4, 0.5) is 0 Å². The third-order valence-electron chi connectivity index (χ3n) is 4.42. The molecule has 26 heavy (non-hydrogen) atoms. The monoisotopic (exact) mass is 368 g/mol. The Kier molecular flexibility index (Phi) is 4.10. The molecule has 0 fully saturated rings. The molecule has 0 radical (unpaired) electrons. The summed E-state index contributed by atoms with van der Waals surface area (Å²) in [5, 5.41) is 9.73. The summed E-state index contributed by atoms with van der Waals surface area (Å²) in [5.74, 6) is -0.436. The van der Waals surface area contributed by atoms with Gasteiger partial charge in [-0.15, -0.1) is 11.3 Å². The number of rotatable bonds is 2. The van der Waals surface area contributed by atoms with Crippen LogP contribution >= 0.6 is 11.3 Å². The molecule has 2 N–H and O–H groups in total. The zero-order valence-electron chi connectivity index (χ0n) is 14.0. The van der Waals surface area contributed by atoms with E-state index in [1.165, 1.54) is 11.3 Å². The highest BCUT2D eigenvalue weighted by molar-refractivity contribution is 7.15. The number of carbonyl (C=O) groups is 2. The van der Waals surface area contributed by atoms with Crippen LogP contribution in [0.25, 0.3) is 16.5 Å². The highest BCUT2D eigenvalue weighted by Crippen LogP contribution is 2.35. The van der Waals surface area contributed by atoms with Gasteiger partial charge in [-0.2, -0.15) is 0 Å². The van der Waals surface area contributed by atoms with Crippen LogP contribution in [-0.4, -0.2) is 28.5 Å². The molecule has 7 heteroatoms. The summed E-state index contributed by atoms with van der Waals surface area (Å²) in [7, 11) is 0. The van der Waals surface area contributed by atoms with Gasteiger partial charge in [0.25, 0.3) is 11.8 Å². The van der Waals surface area contributed by atoms with Gasteiger partial charge in [-0.05, 0) is 36.3 Å². The third kappa shape index (κ3) is 2.71. The largest absolute Gasteiger partial charge is 0.451 e. The zero-order chi connectivity index (χ0) is 18.3. The van der Waals surface area contributed by atoms with E-state index in [9.17, 15) is 9.59 Å². The minimum Gasteiger partial charge on any atom is -0.451 e. The number of allylic oxidation sites excluding steroid dienone is 1. The summed E-state index contributed by atoms with van der Waals surface area (Å²) in [6.45, 7) is 2.73. The molecule has 0 saturated heterocycles. The first-order chi connectivity index (χ1) is 12.6. The molecule has 1 aromatic carbocycles. The van der Waals surface area contributed by atoms with Crippen LogP contribution in [0.3, 0.4) is 0 Å². The van der Waals surface area contributed by atoms with Crippen molar-refractivity contribution >= 4 is 39.7 Å². The number of furan rings is 1. The predicted molar refractivity (Wildman–Crippen MR) is 98.2 cm³/mol. The lowest BCUT2D eigenvalue weighted by Crippen LogP contribution is -2.34. The van der Waals surface area contributed by atoms with E-state index < -0.39 is 5.91 Å². The predicted octanol–water partition coefficient (Wildman–Crippen LogP) is 3.67. The van der Waals surface area contributed by atoms with E-state index in [2.05, 4.69) is 0 Å². The molecule has 0 unspecified atom stereocenters. The Morgan fingerprint density at radius 1 is 1.27 bits per heavy atom. The highest BCUT2D eigenvalue weighted by atomic mass is 32.1. The Balaban J connectivity index is 1.67. The molecule has 0 atom stereocenters. The van der Waals surface area contributed by atoms with E-state index in [-0.39, 0.29) is 5.91 Å². The van der Waals surface area contributed by atoms with Crippen molar-refractivity contribution in [1.82, 2.24) is 10.4 Å². The fraction of sp³-hybridized carbons (Fsp3) is 0.158. The molecule has 3 aromatic rings. The minimum absolute atomic E-state index is 0.189. The van der Waals surface area contributed by atoms with Gasteiger partial charge in [-0.3, -0.25) is 14.8 Å². The lowest BCUT2D eigenvalue weighted by molar-refractivity contribution is 0.0711. The Labute approximate surface area is 153 Å². The molecule has 1 aliphatic rings. The molecule has 0 saturated carbocycles.